The van der Waals surface area contributed by atoms with Crippen molar-refractivity contribution in [3.63, 3.8) is 0 Å². The molecule has 2 amide bonds. The maximum atomic E-state index is 14.8. The molecule has 1 N–H and O–H groups in total. The lowest BCUT2D eigenvalue weighted by Crippen LogP contribution is -2.48. The van der Waals surface area contributed by atoms with E-state index in [2.05, 4.69) is 9.71 Å². The van der Waals surface area contributed by atoms with Crippen LogP contribution < -0.4 is 9.46 Å². The number of sulfonamides is 1. The SMILES string of the molecule is Cc1ccc2nc(C(F)(F)F)c3c(c2c1)CC[C@]1(C[C@H]2C(=O)C[C@]4(C(=O)NS(=O)(=O)C5(C)CC5)C[C@H]4/C=C\CCCCC[C@H](CC(=O)OCC(C)C)C(=O)N2C1)O3. The molecule has 2 aliphatic carbocycles. The van der Waals surface area contributed by atoms with E-state index in [0.29, 0.717) is 43.1 Å². The Labute approximate surface area is 331 Å². The number of aromatic nitrogens is 1. The number of aryl methyl sites for hydroxylation is 2. The van der Waals surface area contributed by atoms with E-state index in [1.807, 2.05) is 32.9 Å². The summed E-state index contributed by atoms with van der Waals surface area (Å²) in [5, 5.41) is 0.531. The van der Waals surface area contributed by atoms with Crippen molar-refractivity contribution in [2.24, 2.45) is 23.2 Å². The fraction of sp³-hybridized carbons (Fsp3) is 0.643. The molecule has 1 spiro atoms. The standard InChI is InChI=1S/C42H52F3N3O8S/c1-25(2)23-55-34(50)19-27-10-8-6-5-7-9-11-28-20-41(28,38(52)47-57(53,54)39(4)16-17-39)22-33(49)32-21-40(24-48(32)37(27)51)15-14-29-30-18-26(3)12-13-31(30)46-36(35(29)56-40)42(43,44)45/h9,11-13,18,25,27-28,32H,5-8,10,14-17,19-24H2,1-4H3,(H,47,52)/b11-9-/t27-,28-,32+,40-,41-/m1/s1. The van der Waals surface area contributed by atoms with Gasteiger partial charge in [-0.3, -0.25) is 23.9 Å². The third kappa shape index (κ3) is 8.18. The Kier molecular flexibility index (Phi) is 10.8. The number of benzene rings is 1. The Morgan fingerprint density at radius 3 is 2.56 bits per heavy atom. The second-order valence-electron chi connectivity index (χ2n) is 17.8. The van der Waals surface area contributed by atoms with Gasteiger partial charge >= 0.3 is 12.1 Å². The molecule has 1 aromatic carbocycles. The van der Waals surface area contributed by atoms with Crippen molar-refractivity contribution in [2.45, 2.75) is 134 Å². The number of carbonyl (C=O) groups excluding carboxylic acids is 4. The summed E-state index contributed by atoms with van der Waals surface area (Å²) >= 11 is 0. The molecule has 0 radical (unpaired) electrons. The number of esters is 1. The largest absolute Gasteiger partial charge is 0.483 e. The van der Waals surface area contributed by atoms with Gasteiger partial charge in [0.05, 0.1) is 41.3 Å². The number of fused-ring (bicyclic) bond motifs is 5. The van der Waals surface area contributed by atoms with Gasteiger partial charge in [-0.15, -0.1) is 0 Å². The van der Waals surface area contributed by atoms with E-state index in [9.17, 15) is 40.8 Å². The average Bonchev–Trinajstić information content (AvgIpc) is 4.03. The molecular formula is C42H52F3N3O8S. The first kappa shape index (κ1) is 41.2. The van der Waals surface area contributed by atoms with Gasteiger partial charge in [0.25, 0.3) is 0 Å². The highest BCUT2D eigenvalue weighted by Gasteiger charge is 2.63. The van der Waals surface area contributed by atoms with Crippen molar-refractivity contribution < 1.29 is 50.2 Å². The quantitative estimate of drug-likeness (QED) is 0.232. The summed E-state index contributed by atoms with van der Waals surface area (Å²) in [6.45, 7) is 7.12. The summed E-state index contributed by atoms with van der Waals surface area (Å²) in [5.74, 6) is -4.02. The molecule has 57 heavy (non-hydrogen) atoms. The van der Waals surface area contributed by atoms with Crippen LogP contribution in [0.1, 0.15) is 115 Å². The molecule has 3 aliphatic heterocycles. The van der Waals surface area contributed by atoms with E-state index in [4.69, 9.17) is 9.47 Å². The Hall–Kier alpha value is -4.01. The fourth-order valence-corrected chi connectivity index (χ4v) is 10.2. The molecule has 0 bridgehead atoms. The Bertz CT molecular complexity index is 2120. The molecular weight excluding hydrogens is 764 g/mol. The minimum Gasteiger partial charge on any atom is -0.483 e. The zero-order valence-electron chi connectivity index (χ0n) is 33.0. The predicted octanol–water partition coefficient (Wildman–Crippen LogP) is 6.92. The Morgan fingerprint density at radius 2 is 1.86 bits per heavy atom. The maximum absolute atomic E-state index is 14.8. The van der Waals surface area contributed by atoms with Crippen molar-refractivity contribution in [3.8, 4) is 5.75 Å². The van der Waals surface area contributed by atoms with Crippen LogP contribution in [-0.4, -0.2) is 71.4 Å². The predicted molar refractivity (Wildman–Crippen MR) is 204 cm³/mol. The molecule has 310 valence electrons. The lowest BCUT2D eigenvalue weighted by Gasteiger charge is -2.37. The molecule has 5 aliphatic rings. The smallest absolute Gasteiger partial charge is 0.437 e. The molecule has 0 unspecified atom stereocenters. The van der Waals surface area contributed by atoms with E-state index in [1.165, 1.54) is 4.90 Å². The van der Waals surface area contributed by atoms with E-state index >= 15 is 0 Å². The van der Waals surface area contributed by atoms with Gasteiger partial charge in [-0.2, -0.15) is 13.2 Å². The van der Waals surface area contributed by atoms with Crippen molar-refractivity contribution in [1.82, 2.24) is 14.6 Å². The van der Waals surface area contributed by atoms with Crippen LogP contribution in [0, 0.1) is 30.1 Å². The fourth-order valence-electron chi connectivity index (χ4n) is 8.83. The van der Waals surface area contributed by atoms with Crippen molar-refractivity contribution in [3.05, 3.63) is 47.2 Å². The first-order valence-corrected chi connectivity index (χ1v) is 21.7. The lowest BCUT2D eigenvalue weighted by atomic mass is 9.85. The molecule has 1 aromatic heterocycles. The van der Waals surface area contributed by atoms with Crippen LogP contribution in [0.5, 0.6) is 5.75 Å². The van der Waals surface area contributed by atoms with Crippen LogP contribution in [0.25, 0.3) is 10.9 Å². The van der Waals surface area contributed by atoms with Crippen molar-refractivity contribution >= 4 is 44.5 Å². The van der Waals surface area contributed by atoms with E-state index < -0.39 is 84.9 Å². The van der Waals surface area contributed by atoms with Crippen LogP contribution in [-0.2, 0) is 46.5 Å². The van der Waals surface area contributed by atoms with E-state index in [-0.39, 0.29) is 63.1 Å². The highest BCUT2D eigenvalue weighted by molar-refractivity contribution is 7.91. The number of carbonyl (C=O) groups is 4. The molecule has 2 saturated carbocycles. The summed E-state index contributed by atoms with van der Waals surface area (Å²) < 4.78 is 83.6. The van der Waals surface area contributed by atoms with Gasteiger partial charge in [-0.1, -0.05) is 50.5 Å². The summed E-state index contributed by atoms with van der Waals surface area (Å²) in [6, 6.07) is 3.79. The highest BCUT2D eigenvalue weighted by atomic mass is 32.2. The number of ketones is 1. The van der Waals surface area contributed by atoms with E-state index in [0.717, 1.165) is 18.4 Å². The first-order chi connectivity index (χ1) is 26.8. The summed E-state index contributed by atoms with van der Waals surface area (Å²) in [7, 11) is -4.03. The first-order valence-electron chi connectivity index (χ1n) is 20.2. The van der Waals surface area contributed by atoms with Crippen LogP contribution in [0.2, 0.25) is 0 Å². The number of alkyl halides is 3. The lowest BCUT2D eigenvalue weighted by molar-refractivity contribution is -0.151. The number of nitrogens with one attached hydrogen (secondary N) is 1. The summed E-state index contributed by atoms with van der Waals surface area (Å²) in [6.07, 6.45) is 2.62. The number of pyridine rings is 1. The van der Waals surface area contributed by atoms with Gasteiger partial charge in [-0.25, -0.2) is 13.4 Å². The Morgan fingerprint density at radius 1 is 1.11 bits per heavy atom. The summed E-state index contributed by atoms with van der Waals surface area (Å²) in [4.78, 5) is 61.9. The Balaban J connectivity index is 1.26. The molecule has 15 heteroatoms. The van der Waals surface area contributed by atoms with Gasteiger partial charge in [0.2, 0.25) is 21.8 Å². The van der Waals surface area contributed by atoms with Gasteiger partial charge < -0.3 is 14.4 Å². The third-order valence-electron chi connectivity index (χ3n) is 12.7. The average molecular weight is 816 g/mol. The number of rotatable bonds is 7. The highest BCUT2D eigenvalue weighted by Crippen LogP contribution is 2.58. The van der Waals surface area contributed by atoms with Crippen LogP contribution in [0.15, 0.2) is 30.4 Å². The summed E-state index contributed by atoms with van der Waals surface area (Å²) in [5.41, 5.74) is -2.63. The zero-order valence-corrected chi connectivity index (χ0v) is 33.8. The van der Waals surface area contributed by atoms with Crippen LogP contribution in [0.3, 0.4) is 0 Å². The van der Waals surface area contributed by atoms with Gasteiger partial charge in [0.15, 0.2) is 17.2 Å². The second kappa shape index (κ2) is 15.0. The zero-order chi connectivity index (χ0) is 41.1. The molecule has 5 atom stereocenters. The number of ether oxygens (including phenoxy) is 2. The monoisotopic (exact) mass is 815 g/mol. The van der Waals surface area contributed by atoms with Crippen molar-refractivity contribution in [2.75, 3.05) is 13.2 Å². The number of hydrogen-bond donors (Lipinski definition) is 1. The molecule has 1 saturated heterocycles. The molecule has 11 nitrogen and oxygen atoms in total. The molecule has 3 fully saturated rings. The second-order valence-corrected chi connectivity index (χ2v) is 20.0. The maximum Gasteiger partial charge on any atom is 0.437 e. The van der Waals surface area contributed by atoms with Gasteiger partial charge in [-0.05, 0) is 89.2 Å². The number of allylic oxidation sites excluding steroid dienone is 2. The number of amides is 2. The normalized spacial score (nSPS) is 29.4. The topological polar surface area (TPSA) is 149 Å². The number of nitrogens with zero attached hydrogens (tertiary/aromatic N) is 2. The van der Waals surface area contributed by atoms with Crippen LogP contribution in [0.4, 0.5) is 13.2 Å². The van der Waals surface area contributed by atoms with Crippen LogP contribution >= 0.6 is 0 Å². The third-order valence-corrected chi connectivity index (χ3v) is 14.9. The molecule has 2 aromatic rings. The molecule has 7 rings (SSSR count). The number of hydrogen-bond acceptors (Lipinski definition) is 9. The van der Waals surface area contributed by atoms with Gasteiger partial charge in [0.1, 0.15) is 5.60 Å². The van der Waals surface area contributed by atoms with Gasteiger partial charge in [0, 0.05) is 29.7 Å². The molecule has 4 heterocycles. The minimum absolute atomic E-state index is 0.0624. The minimum atomic E-state index is -4.87. The van der Waals surface area contributed by atoms with Crippen molar-refractivity contribution in [1.29, 1.82) is 0 Å². The van der Waals surface area contributed by atoms with E-state index in [1.54, 1.807) is 25.1 Å². The number of halogens is 3. The number of Topliss-reactive ketones (excluding diaryl/α,β-unsaturated/α-hetero) is 1.